The van der Waals surface area contributed by atoms with Gasteiger partial charge in [-0.05, 0) is 55.7 Å². The Morgan fingerprint density at radius 2 is 1.93 bits per heavy atom. The van der Waals surface area contributed by atoms with Gasteiger partial charge in [0.25, 0.3) is 0 Å². The first-order valence-corrected chi connectivity index (χ1v) is 10.4. The lowest BCUT2D eigenvalue weighted by Gasteiger charge is -2.30. The Kier molecular flexibility index (Phi) is 7.13. The summed E-state index contributed by atoms with van der Waals surface area (Å²) >= 11 is 6.00. The van der Waals surface area contributed by atoms with Crippen LogP contribution in [0.15, 0.2) is 24.3 Å². The van der Waals surface area contributed by atoms with Crippen LogP contribution in [0.5, 0.6) is 0 Å². The van der Waals surface area contributed by atoms with E-state index in [2.05, 4.69) is 15.5 Å². The van der Waals surface area contributed by atoms with E-state index >= 15 is 0 Å². The van der Waals surface area contributed by atoms with Gasteiger partial charge in [-0.3, -0.25) is 14.5 Å². The van der Waals surface area contributed by atoms with Crippen LogP contribution < -0.4 is 10.6 Å². The summed E-state index contributed by atoms with van der Waals surface area (Å²) in [7, 11) is 0. The average Bonchev–Trinajstić information content (AvgIpc) is 3.36. The van der Waals surface area contributed by atoms with Crippen molar-refractivity contribution in [2.24, 2.45) is 5.92 Å². The Morgan fingerprint density at radius 3 is 2.63 bits per heavy atom. The fourth-order valence-electron chi connectivity index (χ4n) is 3.94. The zero-order chi connectivity index (χ0) is 19.2. The third kappa shape index (κ3) is 6.51. The highest BCUT2D eigenvalue weighted by Crippen LogP contribution is 2.35. The van der Waals surface area contributed by atoms with Crippen molar-refractivity contribution < 1.29 is 9.59 Å². The smallest absolute Gasteiger partial charge is 0.221 e. The van der Waals surface area contributed by atoms with Crippen molar-refractivity contribution in [2.75, 3.05) is 19.6 Å². The minimum absolute atomic E-state index is 0.0172. The lowest BCUT2D eigenvalue weighted by atomic mass is 10.1. The SMILES string of the molecule is CC(=O)NC[C@@H]1CC[C@H](CC(=O)NCCc2cccc(Cl)c2)N1CC1CC1. The second kappa shape index (κ2) is 9.56. The van der Waals surface area contributed by atoms with E-state index in [4.69, 9.17) is 11.6 Å². The fraction of sp³-hybridized carbons (Fsp3) is 0.619. The molecule has 1 saturated heterocycles. The highest BCUT2D eigenvalue weighted by atomic mass is 35.5. The molecule has 3 rings (SSSR count). The number of amides is 2. The summed E-state index contributed by atoms with van der Waals surface area (Å²) in [5.74, 6) is 0.905. The Bertz CT molecular complexity index is 663. The lowest BCUT2D eigenvalue weighted by Crippen LogP contribution is -2.45. The molecule has 0 spiro atoms. The van der Waals surface area contributed by atoms with Crippen LogP contribution in [0.2, 0.25) is 5.02 Å². The molecular formula is C21H30ClN3O2. The van der Waals surface area contributed by atoms with Crippen LogP contribution in [0.3, 0.4) is 0 Å². The van der Waals surface area contributed by atoms with Crippen LogP contribution >= 0.6 is 11.6 Å². The number of carbonyl (C=O) groups is 2. The predicted octanol–water partition coefficient (Wildman–Crippen LogP) is 2.77. The number of nitrogens with one attached hydrogen (secondary N) is 2. The first kappa shape index (κ1) is 20.2. The van der Waals surface area contributed by atoms with E-state index in [1.54, 1.807) is 6.92 Å². The van der Waals surface area contributed by atoms with Gasteiger partial charge in [0.15, 0.2) is 0 Å². The van der Waals surface area contributed by atoms with Crippen molar-refractivity contribution in [2.45, 2.75) is 57.5 Å². The maximum atomic E-state index is 12.4. The summed E-state index contributed by atoms with van der Waals surface area (Å²) in [5.41, 5.74) is 1.13. The number of rotatable bonds is 9. The maximum Gasteiger partial charge on any atom is 0.221 e. The summed E-state index contributed by atoms with van der Waals surface area (Å²) in [6, 6.07) is 8.40. The minimum atomic E-state index is 0.0172. The van der Waals surface area contributed by atoms with Gasteiger partial charge in [0.05, 0.1) is 0 Å². The number of halogens is 1. The molecule has 5 nitrogen and oxygen atoms in total. The van der Waals surface area contributed by atoms with Crippen LogP contribution in [0.4, 0.5) is 0 Å². The molecule has 148 valence electrons. The van der Waals surface area contributed by atoms with E-state index < -0.39 is 0 Å². The molecule has 0 aromatic heterocycles. The largest absolute Gasteiger partial charge is 0.356 e. The number of likely N-dealkylation sites (tertiary alicyclic amines) is 1. The van der Waals surface area contributed by atoms with Crippen molar-refractivity contribution in [3.05, 3.63) is 34.9 Å². The monoisotopic (exact) mass is 391 g/mol. The van der Waals surface area contributed by atoms with E-state index in [0.717, 1.165) is 42.3 Å². The number of carbonyl (C=O) groups excluding carboxylic acids is 2. The zero-order valence-corrected chi connectivity index (χ0v) is 16.8. The van der Waals surface area contributed by atoms with Gasteiger partial charge >= 0.3 is 0 Å². The van der Waals surface area contributed by atoms with E-state index in [0.29, 0.717) is 25.6 Å². The quantitative estimate of drug-likeness (QED) is 0.680. The third-order valence-corrected chi connectivity index (χ3v) is 5.80. The second-order valence-electron chi connectivity index (χ2n) is 7.90. The third-order valence-electron chi connectivity index (χ3n) is 5.57. The van der Waals surface area contributed by atoms with E-state index in [1.807, 2.05) is 24.3 Å². The molecule has 27 heavy (non-hydrogen) atoms. The first-order valence-electron chi connectivity index (χ1n) is 10.0. The molecule has 0 unspecified atom stereocenters. The predicted molar refractivity (Wildman–Crippen MR) is 108 cm³/mol. The highest BCUT2D eigenvalue weighted by molar-refractivity contribution is 6.30. The number of hydrogen-bond acceptors (Lipinski definition) is 3. The van der Waals surface area contributed by atoms with Gasteiger partial charge in [-0.2, -0.15) is 0 Å². The number of benzene rings is 1. The molecule has 2 aliphatic rings. The molecule has 1 heterocycles. The topological polar surface area (TPSA) is 61.4 Å². The van der Waals surface area contributed by atoms with Crippen molar-refractivity contribution >= 4 is 23.4 Å². The van der Waals surface area contributed by atoms with Crippen molar-refractivity contribution in [3.8, 4) is 0 Å². The lowest BCUT2D eigenvalue weighted by molar-refractivity contribution is -0.122. The molecular weight excluding hydrogens is 362 g/mol. The summed E-state index contributed by atoms with van der Waals surface area (Å²) in [6.45, 7) is 3.94. The standard InChI is InChI=1S/C21H30ClN3O2/c1-15(26)24-13-20-8-7-19(25(20)14-17-5-6-17)12-21(27)23-10-9-16-3-2-4-18(22)11-16/h2-4,11,17,19-20H,5-10,12-14H2,1H3,(H,23,27)(H,24,26)/t19-,20+/m1/s1. The first-order chi connectivity index (χ1) is 13.0. The Hall–Kier alpha value is -1.59. The molecule has 2 amide bonds. The van der Waals surface area contributed by atoms with Crippen molar-refractivity contribution in [1.82, 2.24) is 15.5 Å². The number of hydrogen-bond donors (Lipinski definition) is 2. The van der Waals surface area contributed by atoms with Gasteiger partial charge in [0.2, 0.25) is 11.8 Å². The normalized spacial score (nSPS) is 22.6. The van der Waals surface area contributed by atoms with E-state index in [-0.39, 0.29) is 17.9 Å². The van der Waals surface area contributed by atoms with Gasteiger partial charge in [0.1, 0.15) is 0 Å². The van der Waals surface area contributed by atoms with Gasteiger partial charge in [-0.1, -0.05) is 23.7 Å². The zero-order valence-electron chi connectivity index (χ0n) is 16.0. The molecule has 1 aromatic rings. The minimum Gasteiger partial charge on any atom is -0.356 e. The summed E-state index contributed by atoms with van der Waals surface area (Å²) in [4.78, 5) is 26.2. The van der Waals surface area contributed by atoms with Gasteiger partial charge < -0.3 is 10.6 Å². The van der Waals surface area contributed by atoms with Gasteiger partial charge in [-0.15, -0.1) is 0 Å². The highest BCUT2D eigenvalue weighted by Gasteiger charge is 2.37. The molecule has 1 aliphatic heterocycles. The summed E-state index contributed by atoms with van der Waals surface area (Å²) in [6.07, 6.45) is 5.99. The van der Waals surface area contributed by atoms with Crippen molar-refractivity contribution in [3.63, 3.8) is 0 Å². The molecule has 1 aliphatic carbocycles. The van der Waals surface area contributed by atoms with Gasteiger partial charge in [0, 0.05) is 50.1 Å². The van der Waals surface area contributed by atoms with Crippen LogP contribution in [-0.2, 0) is 16.0 Å². The molecule has 0 bridgehead atoms. The summed E-state index contributed by atoms with van der Waals surface area (Å²) in [5, 5.41) is 6.73. The average molecular weight is 392 g/mol. The van der Waals surface area contributed by atoms with Crippen LogP contribution in [0, 0.1) is 5.92 Å². The molecule has 2 N–H and O–H groups in total. The molecule has 2 fully saturated rings. The van der Waals surface area contributed by atoms with Crippen LogP contribution in [0.25, 0.3) is 0 Å². The van der Waals surface area contributed by atoms with Crippen LogP contribution in [0.1, 0.15) is 44.6 Å². The van der Waals surface area contributed by atoms with E-state index in [1.165, 1.54) is 12.8 Å². The molecule has 6 heteroatoms. The Morgan fingerprint density at radius 1 is 1.15 bits per heavy atom. The summed E-state index contributed by atoms with van der Waals surface area (Å²) < 4.78 is 0. The molecule has 2 atom stereocenters. The Balaban J connectivity index is 1.45. The number of nitrogens with zero attached hydrogens (tertiary/aromatic N) is 1. The van der Waals surface area contributed by atoms with Crippen LogP contribution in [-0.4, -0.2) is 48.4 Å². The van der Waals surface area contributed by atoms with Gasteiger partial charge in [-0.25, -0.2) is 0 Å². The second-order valence-corrected chi connectivity index (χ2v) is 8.33. The molecule has 0 radical (unpaired) electrons. The van der Waals surface area contributed by atoms with Crippen molar-refractivity contribution in [1.29, 1.82) is 0 Å². The molecule has 1 aromatic carbocycles. The maximum absolute atomic E-state index is 12.4. The molecule has 1 saturated carbocycles. The Labute approximate surface area is 166 Å². The van der Waals surface area contributed by atoms with E-state index in [9.17, 15) is 9.59 Å². The fourth-order valence-corrected chi connectivity index (χ4v) is 4.15.